The standard InChI is InChI=1S/C53H86N6O10/c1-15-44-53(11,64)47(61)38(8)56(12)27-33(3)24-52(10,63)48(36(6)45(37(7)49(62)68-44)43-26-51(9,65-14)25-35(5)66-43)69-50-46(60)42(23-34(4)67-50)57(13)30-40-31-59(55-54-40)29-39-18-20-41(21-19-39)58-22-16-17-32(2)28-58/h16-21,28,31,33-38,42-48,50,60-61,63-64H,15,22-27,29-30H2,1-14H3/t33-,34-,35+,36+,37-,38-,42+,43?,44-,45+,46-,47-,48-,50+,51+,52-,53-/m1/s1. The maximum Gasteiger partial charge on any atom is 0.309 e. The highest BCUT2D eigenvalue weighted by Gasteiger charge is 2.53. The number of cyclic esters (lactones) is 1. The average molecular weight is 967 g/mol. The van der Waals surface area contributed by atoms with Crippen LogP contribution >= 0.6 is 0 Å². The Morgan fingerprint density at radius 3 is 2.32 bits per heavy atom. The molecule has 0 aliphatic carbocycles. The van der Waals surface area contributed by atoms with E-state index in [9.17, 15) is 25.2 Å². The van der Waals surface area contributed by atoms with Crippen LogP contribution < -0.4 is 4.90 Å². The molecule has 1 aromatic carbocycles. The van der Waals surface area contributed by atoms with E-state index in [1.54, 1.807) is 21.0 Å². The van der Waals surface area contributed by atoms with Gasteiger partial charge in [0.2, 0.25) is 0 Å². The SMILES string of the molecule is CC[C@H]1OC(=O)[C@H](C)[C@@H](C2C[C@@](C)(OC)C[C@H](C)O2)[C@H](C)[C@@H](O[C@@H]2O[C@H](C)C[C@H](N(C)Cc3cn(Cc4ccc(N5C=C(C)C=CC5)cc4)nn3)[C@H]2O)[C@](C)(O)C[C@@H](C)CN(C)[C@H](C)[C@@H](O)[C@]1(C)O. The lowest BCUT2D eigenvalue weighted by molar-refractivity contribution is -0.301. The van der Waals surface area contributed by atoms with Crippen molar-refractivity contribution in [2.75, 3.05) is 39.2 Å². The number of aliphatic hydroxyl groups excluding tert-OH is 2. The summed E-state index contributed by atoms with van der Waals surface area (Å²) >= 11 is 0. The fourth-order valence-electron chi connectivity index (χ4n) is 12.0. The molecule has 0 spiro atoms. The summed E-state index contributed by atoms with van der Waals surface area (Å²) in [6, 6.07) is 7.53. The van der Waals surface area contributed by atoms with E-state index >= 15 is 0 Å². The summed E-state index contributed by atoms with van der Waals surface area (Å²) in [6.07, 6.45) is 3.91. The molecule has 3 fully saturated rings. The number of carbonyl (C=O) groups excluding carboxylic acids is 1. The zero-order chi connectivity index (χ0) is 50.7. The van der Waals surface area contributed by atoms with Crippen molar-refractivity contribution in [3.05, 3.63) is 65.6 Å². The molecule has 0 radical (unpaired) electrons. The van der Waals surface area contributed by atoms with E-state index in [2.05, 4.69) is 69.7 Å². The molecule has 388 valence electrons. The first-order valence-corrected chi connectivity index (χ1v) is 25.4. The van der Waals surface area contributed by atoms with Crippen LogP contribution in [-0.2, 0) is 41.6 Å². The van der Waals surface area contributed by atoms with Crippen molar-refractivity contribution in [2.45, 2.75) is 199 Å². The van der Waals surface area contributed by atoms with Crippen LogP contribution in [0.5, 0.6) is 0 Å². The Morgan fingerprint density at radius 2 is 1.67 bits per heavy atom. The fraction of sp³-hybridized carbons (Fsp3) is 0.755. The number of hydrogen-bond acceptors (Lipinski definition) is 15. The molecule has 2 aromatic rings. The monoisotopic (exact) mass is 967 g/mol. The number of anilines is 1. The number of likely N-dealkylation sites (N-methyl/N-ethyl adjacent to an activating group) is 2. The van der Waals surface area contributed by atoms with Gasteiger partial charge in [-0.2, -0.15) is 0 Å². The molecule has 4 aliphatic rings. The molecule has 0 bridgehead atoms. The predicted octanol–water partition coefficient (Wildman–Crippen LogP) is 5.69. The van der Waals surface area contributed by atoms with Gasteiger partial charge in [0.1, 0.15) is 23.9 Å². The van der Waals surface area contributed by atoms with Gasteiger partial charge >= 0.3 is 5.97 Å². The number of methoxy groups -OCH3 is 1. The molecule has 16 nitrogen and oxygen atoms in total. The normalized spacial score (nSPS) is 40.2. The summed E-state index contributed by atoms with van der Waals surface area (Å²) in [7, 11) is 5.51. The van der Waals surface area contributed by atoms with E-state index < -0.39 is 89.4 Å². The lowest BCUT2D eigenvalue weighted by Crippen LogP contribution is -2.60. The number of esters is 1. The minimum absolute atomic E-state index is 0.131. The van der Waals surface area contributed by atoms with E-state index in [0.717, 1.165) is 23.5 Å². The molecule has 17 atom stereocenters. The van der Waals surface area contributed by atoms with E-state index in [1.807, 2.05) is 78.3 Å². The second-order valence-electron chi connectivity index (χ2n) is 22.2. The van der Waals surface area contributed by atoms with Crippen molar-refractivity contribution in [2.24, 2.45) is 23.7 Å². The highest BCUT2D eigenvalue weighted by molar-refractivity contribution is 5.73. The Hall–Kier alpha value is -3.29. The third kappa shape index (κ3) is 13.0. The molecule has 4 aliphatic heterocycles. The third-order valence-corrected chi connectivity index (χ3v) is 15.8. The zero-order valence-electron chi connectivity index (χ0n) is 44.0. The molecule has 1 aromatic heterocycles. The number of aliphatic hydroxyl groups is 4. The van der Waals surface area contributed by atoms with Crippen molar-refractivity contribution < 1.29 is 48.9 Å². The van der Waals surface area contributed by atoms with Crippen molar-refractivity contribution in [1.29, 1.82) is 0 Å². The number of benzene rings is 1. The minimum Gasteiger partial charge on any atom is -0.459 e. The van der Waals surface area contributed by atoms with Gasteiger partial charge in [-0.3, -0.25) is 9.69 Å². The number of allylic oxidation sites excluding steroid dienone is 2. The highest BCUT2D eigenvalue weighted by Crippen LogP contribution is 2.45. The lowest BCUT2D eigenvalue weighted by Gasteiger charge is -2.50. The zero-order valence-corrected chi connectivity index (χ0v) is 44.0. The van der Waals surface area contributed by atoms with Crippen LogP contribution in [0.4, 0.5) is 5.69 Å². The predicted molar refractivity (Wildman–Crippen MR) is 265 cm³/mol. The van der Waals surface area contributed by atoms with Gasteiger partial charge in [0.05, 0.1) is 60.0 Å². The van der Waals surface area contributed by atoms with Crippen LogP contribution in [0.2, 0.25) is 0 Å². The van der Waals surface area contributed by atoms with Gasteiger partial charge < -0.3 is 53.9 Å². The maximum atomic E-state index is 14.6. The molecule has 0 amide bonds. The van der Waals surface area contributed by atoms with Gasteiger partial charge in [0.15, 0.2) is 6.29 Å². The summed E-state index contributed by atoms with van der Waals surface area (Å²) in [6.45, 7) is 23.1. The smallest absolute Gasteiger partial charge is 0.309 e. The molecule has 5 heterocycles. The van der Waals surface area contributed by atoms with Crippen molar-refractivity contribution >= 4 is 11.7 Å². The second kappa shape index (κ2) is 22.6. The Balaban J connectivity index is 1.27. The van der Waals surface area contributed by atoms with E-state index in [0.29, 0.717) is 38.9 Å². The Labute approximate surface area is 411 Å². The Morgan fingerprint density at radius 1 is 0.971 bits per heavy atom. The van der Waals surface area contributed by atoms with Crippen LogP contribution in [0, 0.1) is 23.7 Å². The summed E-state index contributed by atoms with van der Waals surface area (Å²) in [5, 5.41) is 57.8. The van der Waals surface area contributed by atoms with Crippen molar-refractivity contribution in [3.8, 4) is 0 Å². The number of carbonyl (C=O) groups is 1. The average Bonchev–Trinajstić information content (AvgIpc) is 3.72. The highest BCUT2D eigenvalue weighted by atomic mass is 16.7. The lowest BCUT2D eigenvalue weighted by atomic mass is 9.68. The van der Waals surface area contributed by atoms with Gasteiger partial charge in [-0.15, -0.1) is 5.10 Å². The molecule has 69 heavy (non-hydrogen) atoms. The Bertz CT molecular complexity index is 2050. The van der Waals surface area contributed by atoms with Crippen molar-refractivity contribution in [3.63, 3.8) is 0 Å². The van der Waals surface area contributed by atoms with Crippen LogP contribution in [0.15, 0.2) is 54.4 Å². The number of nitrogens with zero attached hydrogens (tertiary/aromatic N) is 6. The summed E-state index contributed by atoms with van der Waals surface area (Å²) in [5.74, 6) is -2.71. The van der Waals surface area contributed by atoms with Crippen molar-refractivity contribution in [1.82, 2.24) is 24.8 Å². The topological polar surface area (TPSA) is 185 Å². The molecule has 4 N–H and O–H groups in total. The number of hydrogen-bond donors (Lipinski definition) is 4. The number of aromatic nitrogens is 3. The molecule has 16 heteroatoms. The number of ether oxygens (including phenoxy) is 5. The first-order chi connectivity index (χ1) is 32.4. The summed E-state index contributed by atoms with van der Waals surface area (Å²) in [4.78, 5) is 20.8. The van der Waals surface area contributed by atoms with Gasteiger partial charge in [-0.05, 0) is 117 Å². The molecule has 6 rings (SSSR count). The van der Waals surface area contributed by atoms with E-state index in [4.69, 9.17) is 23.7 Å². The van der Waals surface area contributed by atoms with Crippen LogP contribution in [0.3, 0.4) is 0 Å². The summed E-state index contributed by atoms with van der Waals surface area (Å²) < 4.78 is 34.4. The molecule has 1 unspecified atom stereocenters. The van der Waals surface area contributed by atoms with Gasteiger partial charge in [0, 0.05) is 69.5 Å². The Kier molecular flexibility index (Phi) is 18.1. The van der Waals surface area contributed by atoms with Gasteiger partial charge in [-0.25, -0.2) is 4.68 Å². The first kappa shape index (κ1) is 55.0. The molecule has 0 saturated carbocycles. The second-order valence-corrected chi connectivity index (χ2v) is 22.2. The quantitative estimate of drug-likeness (QED) is 0.201. The van der Waals surface area contributed by atoms with E-state index in [1.165, 1.54) is 12.5 Å². The maximum absolute atomic E-state index is 14.6. The van der Waals surface area contributed by atoms with Crippen LogP contribution in [0.1, 0.15) is 120 Å². The van der Waals surface area contributed by atoms with E-state index in [-0.39, 0.29) is 31.0 Å². The summed E-state index contributed by atoms with van der Waals surface area (Å²) in [5.41, 5.74) is 0.319. The minimum atomic E-state index is -1.77. The van der Waals surface area contributed by atoms with Gasteiger partial charge in [-0.1, -0.05) is 57.2 Å². The largest absolute Gasteiger partial charge is 0.459 e. The molecular formula is C53H86N6O10. The first-order valence-electron chi connectivity index (χ1n) is 25.4. The fourth-order valence-corrected chi connectivity index (χ4v) is 12.0. The molecular weight excluding hydrogens is 881 g/mol. The van der Waals surface area contributed by atoms with Crippen LogP contribution in [0.25, 0.3) is 0 Å². The van der Waals surface area contributed by atoms with Crippen LogP contribution in [-0.4, -0.2) is 163 Å². The third-order valence-electron chi connectivity index (χ3n) is 15.8. The molecule has 3 saturated heterocycles. The van der Waals surface area contributed by atoms with Gasteiger partial charge in [0.25, 0.3) is 0 Å². The number of rotatable bonds is 11.